The van der Waals surface area contributed by atoms with E-state index in [2.05, 4.69) is 17.4 Å². The van der Waals surface area contributed by atoms with Gasteiger partial charge in [-0.05, 0) is 60.4 Å². The first kappa shape index (κ1) is 18.0. The number of carbonyl (C=O) groups is 2. The van der Waals surface area contributed by atoms with E-state index < -0.39 is 0 Å². The summed E-state index contributed by atoms with van der Waals surface area (Å²) in [4.78, 5) is 27.2. The van der Waals surface area contributed by atoms with Crippen molar-refractivity contribution in [2.45, 2.75) is 19.9 Å². The summed E-state index contributed by atoms with van der Waals surface area (Å²) in [6, 6.07) is 22.8. The van der Waals surface area contributed by atoms with E-state index in [9.17, 15) is 9.59 Å². The first-order valence-corrected chi connectivity index (χ1v) is 9.45. The third-order valence-corrected chi connectivity index (χ3v) is 5.21. The molecule has 3 aromatic carbocycles. The average molecular weight is 370 g/mol. The summed E-state index contributed by atoms with van der Waals surface area (Å²) in [5.41, 5.74) is 5.45. The van der Waals surface area contributed by atoms with Crippen molar-refractivity contribution >= 4 is 17.5 Å². The van der Waals surface area contributed by atoms with Crippen molar-refractivity contribution in [1.29, 1.82) is 0 Å². The quantitative estimate of drug-likeness (QED) is 0.741. The maximum Gasteiger partial charge on any atom is 0.255 e. The van der Waals surface area contributed by atoms with Crippen LogP contribution in [0.25, 0.3) is 0 Å². The summed E-state index contributed by atoms with van der Waals surface area (Å²) >= 11 is 0. The summed E-state index contributed by atoms with van der Waals surface area (Å²) < 4.78 is 0. The lowest BCUT2D eigenvalue weighted by atomic mass is 9.99. The van der Waals surface area contributed by atoms with E-state index in [1.54, 1.807) is 24.3 Å². The van der Waals surface area contributed by atoms with Crippen LogP contribution in [0.4, 0.5) is 5.69 Å². The molecule has 0 atom stereocenters. The zero-order valence-electron chi connectivity index (χ0n) is 15.8. The second-order valence-electron chi connectivity index (χ2n) is 7.09. The average Bonchev–Trinajstić information content (AvgIpc) is 2.74. The van der Waals surface area contributed by atoms with Gasteiger partial charge in [-0.2, -0.15) is 0 Å². The third kappa shape index (κ3) is 3.67. The molecular weight excluding hydrogens is 348 g/mol. The number of benzene rings is 3. The molecule has 4 rings (SSSR count). The molecule has 1 N–H and O–H groups in total. The van der Waals surface area contributed by atoms with E-state index in [-0.39, 0.29) is 11.8 Å². The van der Waals surface area contributed by atoms with Crippen LogP contribution in [0.15, 0.2) is 72.8 Å². The van der Waals surface area contributed by atoms with Crippen LogP contribution in [-0.4, -0.2) is 23.3 Å². The molecule has 1 heterocycles. The van der Waals surface area contributed by atoms with E-state index in [1.807, 2.05) is 48.2 Å². The van der Waals surface area contributed by atoms with Gasteiger partial charge in [0.25, 0.3) is 11.8 Å². The van der Waals surface area contributed by atoms with Gasteiger partial charge in [0.15, 0.2) is 0 Å². The molecule has 28 heavy (non-hydrogen) atoms. The summed E-state index contributed by atoms with van der Waals surface area (Å²) in [6.07, 6.45) is 0.874. The number of carbonyl (C=O) groups excluding carboxylic acids is 2. The molecule has 2 amide bonds. The minimum Gasteiger partial charge on any atom is -0.334 e. The van der Waals surface area contributed by atoms with E-state index >= 15 is 0 Å². The zero-order chi connectivity index (χ0) is 19.5. The fourth-order valence-electron chi connectivity index (χ4n) is 3.52. The summed E-state index contributed by atoms with van der Waals surface area (Å²) in [5, 5.41) is 2.92. The molecule has 0 unspecified atom stereocenters. The van der Waals surface area contributed by atoms with Gasteiger partial charge in [-0.15, -0.1) is 0 Å². The first-order valence-electron chi connectivity index (χ1n) is 9.45. The number of hydrogen-bond donors (Lipinski definition) is 1. The standard InChI is InChI=1S/C24H22N2O2/c1-17-6-2-5-9-22(17)25-23(27)19-10-12-20(13-11-19)24(28)26-15-14-18-7-3-4-8-21(18)16-26/h2-13H,14-16H2,1H3,(H,25,27). The molecule has 3 aromatic rings. The van der Waals surface area contributed by atoms with Crippen molar-refractivity contribution in [1.82, 2.24) is 4.90 Å². The Morgan fingerprint density at radius 1 is 0.821 bits per heavy atom. The van der Waals surface area contributed by atoms with Gasteiger partial charge >= 0.3 is 0 Å². The number of anilines is 1. The molecule has 0 aliphatic carbocycles. The zero-order valence-corrected chi connectivity index (χ0v) is 15.8. The topological polar surface area (TPSA) is 49.4 Å². The Labute approximate surface area is 164 Å². The van der Waals surface area contributed by atoms with E-state index in [0.29, 0.717) is 24.2 Å². The molecule has 0 saturated heterocycles. The van der Waals surface area contributed by atoms with Gasteiger partial charge < -0.3 is 10.2 Å². The number of aryl methyl sites for hydroxylation is 1. The Kier molecular flexibility index (Phi) is 4.94. The molecule has 0 radical (unpaired) electrons. The van der Waals surface area contributed by atoms with Crippen LogP contribution in [0.3, 0.4) is 0 Å². The van der Waals surface area contributed by atoms with Gasteiger partial charge in [0.2, 0.25) is 0 Å². The predicted molar refractivity (Wildman–Crippen MR) is 110 cm³/mol. The van der Waals surface area contributed by atoms with Gasteiger partial charge in [-0.1, -0.05) is 42.5 Å². The highest BCUT2D eigenvalue weighted by Crippen LogP contribution is 2.21. The largest absolute Gasteiger partial charge is 0.334 e. The highest BCUT2D eigenvalue weighted by atomic mass is 16.2. The van der Waals surface area contributed by atoms with Crippen LogP contribution in [-0.2, 0) is 13.0 Å². The Hall–Kier alpha value is -3.40. The number of fused-ring (bicyclic) bond motifs is 1. The highest BCUT2D eigenvalue weighted by Gasteiger charge is 2.21. The van der Waals surface area contributed by atoms with Crippen molar-refractivity contribution in [2.75, 3.05) is 11.9 Å². The van der Waals surface area contributed by atoms with Crippen LogP contribution in [0.5, 0.6) is 0 Å². The number of rotatable bonds is 3. The molecular formula is C24H22N2O2. The smallest absolute Gasteiger partial charge is 0.255 e. The molecule has 0 aromatic heterocycles. The number of hydrogen-bond acceptors (Lipinski definition) is 2. The van der Waals surface area contributed by atoms with E-state index in [1.165, 1.54) is 11.1 Å². The number of amides is 2. The second kappa shape index (κ2) is 7.69. The molecule has 4 nitrogen and oxygen atoms in total. The Morgan fingerprint density at radius 2 is 1.46 bits per heavy atom. The lowest BCUT2D eigenvalue weighted by Gasteiger charge is -2.29. The van der Waals surface area contributed by atoms with Crippen molar-refractivity contribution in [3.8, 4) is 0 Å². The van der Waals surface area contributed by atoms with Crippen molar-refractivity contribution < 1.29 is 9.59 Å². The molecule has 1 aliphatic heterocycles. The maximum absolute atomic E-state index is 12.9. The number of para-hydroxylation sites is 1. The highest BCUT2D eigenvalue weighted by molar-refractivity contribution is 6.05. The van der Waals surface area contributed by atoms with Crippen LogP contribution < -0.4 is 5.32 Å². The van der Waals surface area contributed by atoms with Crippen LogP contribution in [0, 0.1) is 6.92 Å². The number of nitrogens with zero attached hydrogens (tertiary/aromatic N) is 1. The van der Waals surface area contributed by atoms with Gasteiger partial charge in [0.1, 0.15) is 0 Å². The van der Waals surface area contributed by atoms with Crippen molar-refractivity contribution in [3.05, 3.63) is 101 Å². The van der Waals surface area contributed by atoms with Crippen molar-refractivity contribution in [2.24, 2.45) is 0 Å². The first-order chi connectivity index (χ1) is 13.6. The van der Waals surface area contributed by atoms with E-state index in [4.69, 9.17) is 0 Å². The molecule has 4 heteroatoms. The van der Waals surface area contributed by atoms with Crippen LogP contribution >= 0.6 is 0 Å². The lowest BCUT2D eigenvalue weighted by Crippen LogP contribution is -2.35. The maximum atomic E-state index is 12.9. The molecule has 1 aliphatic rings. The Bertz CT molecular complexity index is 1020. The Balaban J connectivity index is 1.45. The molecule has 0 fully saturated rings. The van der Waals surface area contributed by atoms with Crippen molar-refractivity contribution in [3.63, 3.8) is 0 Å². The van der Waals surface area contributed by atoms with Crippen LogP contribution in [0.1, 0.15) is 37.4 Å². The van der Waals surface area contributed by atoms with Crippen LogP contribution in [0.2, 0.25) is 0 Å². The molecule has 0 spiro atoms. The molecule has 0 bridgehead atoms. The lowest BCUT2D eigenvalue weighted by molar-refractivity contribution is 0.0734. The number of nitrogens with one attached hydrogen (secondary N) is 1. The fourth-order valence-corrected chi connectivity index (χ4v) is 3.52. The SMILES string of the molecule is Cc1ccccc1NC(=O)c1ccc(C(=O)N2CCc3ccccc3C2)cc1. The van der Waals surface area contributed by atoms with E-state index in [0.717, 1.165) is 17.7 Å². The summed E-state index contributed by atoms with van der Waals surface area (Å²) in [6.45, 7) is 3.30. The monoisotopic (exact) mass is 370 g/mol. The van der Waals surface area contributed by atoms with Gasteiger partial charge in [0.05, 0.1) is 0 Å². The Morgan fingerprint density at radius 3 is 2.21 bits per heavy atom. The second-order valence-corrected chi connectivity index (χ2v) is 7.09. The molecule has 140 valence electrons. The third-order valence-electron chi connectivity index (χ3n) is 5.21. The summed E-state index contributed by atoms with van der Waals surface area (Å²) in [5.74, 6) is -0.180. The minimum atomic E-state index is -0.180. The molecule has 0 saturated carbocycles. The summed E-state index contributed by atoms with van der Waals surface area (Å²) in [7, 11) is 0. The predicted octanol–water partition coefficient (Wildman–Crippen LogP) is 4.45. The van der Waals surface area contributed by atoms with Gasteiger partial charge in [0, 0.05) is 29.9 Å². The van der Waals surface area contributed by atoms with Gasteiger partial charge in [-0.25, -0.2) is 0 Å². The fraction of sp³-hybridized carbons (Fsp3) is 0.167. The van der Waals surface area contributed by atoms with Gasteiger partial charge in [-0.3, -0.25) is 9.59 Å². The minimum absolute atomic E-state index is 0.000338. The normalized spacial score (nSPS) is 13.0.